The summed E-state index contributed by atoms with van der Waals surface area (Å²) in [7, 11) is 0. The van der Waals surface area contributed by atoms with Crippen LogP contribution in [0.4, 0.5) is 4.39 Å². The zero-order valence-corrected chi connectivity index (χ0v) is 12.7. The van der Waals surface area contributed by atoms with E-state index in [9.17, 15) is 9.18 Å². The Bertz CT molecular complexity index is 484. The molecule has 1 aliphatic rings. The fraction of sp³-hybridized carbons (Fsp3) is 0.588. The molecule has 21 heavy (non-hydrogen) atoms. The number of benzene rings is 1. The topological polar surface area (TPSA) is 49.3 Å². The van der Waals surface area contributed by atoms with Crippen molar-refractivity contribution in [2.24, 2.45) is 5.41 Å². The van der Waals surface area contributed by atoms with E-state index in [0.717, 1.165) is 19.3 Å². The Kier molecular flexibility index (Phi) is 4.99. The van der Waals surface area contributed by atoms with Gasteiger partial charge in [-0.05, 0) is 63.3 Å². The van der Waals surface area contributed by atoms with Crippen molar-refractivity contribution in [2.75, 3.05) is 6.54 Å². The minimum Gasteiger partial charge on any atom is -0.481 e. The van der Waals surface area contributed by atoms with E-state index in [2.05, 4.69) is 5.32 Å². The highest BCUT2D eigenvalue weighted by atomic mass is 19.1. The third-order valence-corrected chi connectivity index (χ3v) is 4.55. The quantitative estimate of drug-likeness (QED) is 0.843. The standard InChI is InChI=1S/C17H24FNO2/c1-17(2,16(20)21)10-11-19-15-5-3-4-14(15)12-6-8-13(18)9-7-12/h6-9,14-15,19H,3-5,10-11H2,1-2H3,(H,20,21). The van der Waals surface area contributed by atoms with Crippen LogP contribution in [0.5, 0.6) is 0 Å². The summed E-state index contributed by atoms with van der Waals surface area (Å²) in [6.45, 7) is 4.20. The summed E-state index contributed by atoms with van der Waals surface area (Å²) < 4.78 is 13.0. The van der Waals surface area contributed by atoms with Crippen molar-refractivity contribution >= 4 is 5.97 Å². The van der Waals surface area contributed by atoms with Crippen molar-refractivity contribution in [3.05, 3.63) is 35.6 Å². The SMILES string of the molecule is CC(C)(CCNC1CCCC1c1ccc(F)cc1)C(=O)O. The van der Waals surface area contributed by atoms with E-state index in [1.165, 1.54) is 17.7 Å². The van der Waals surface area contributed by atoms with Gasteiger partial charge in [-0.1, -0.05) is 18.6 Å². The molecule has 0 radical (unpaired) electrons. The minimum atomic E-state index is -0.759. The van der Waals surface area contributed by atoms with Gasteiger partial charge in [-0.3, -0.25) is 4.79 Å². The van der Waals surface area contributed by atoms with Crippen LogP contribution in [0.15, 0.2) is 24.3 Å². The molecular weight excluding hydrogens is 269 g/mol. The van der Waals surface area contributed by atoms with E-state index in [-0.39, 0.29) is 5.82 Å². The van der Waals surface area contributed by atoms with E-state index in [1.807, 2.05) is 12.1 Å². The van der Waals surface area contributed by atoms with E-state index in [0.29, 0.717) is 24.9 Å². The van der Waals surface area contributed by atoms with Crippen LogP contribution in [0, 0.1) is 11.2 Å². The lowest BCUT2D eigenvalue weighted by Crippen LogP contribution is -2.35. The first-order valence-corrected chi connectivity index (χ1v) is 7.62. The van der Waals surface area contributed by atoms with Crippen LogP contribution in [-0.2, 0) is 4.79 Å². The van der Waals surface area contributed by atoms with Gasteiger partial charge in [0.2, 0.25) is 0 Å². The predicted molar refractivity (Wildman–Crippen MR) is 80.8 cm³/mol. The molecule has 0 bridgehead atoms. The van der Waals surface area contributed by atoms with Crippen LogP contribution < -0.4 is 5.32 Å². The van der Waals surface area contributed by atoms with Crippen molar-refractivity contribution in [3.63, 3.8) is 0 Å². The fourth-order valence-corrected chi connectivity index (χ4v) is 2.99. The average Bonchev–Trinajstić information content (AvgIpc) is 2.87. The summed E-state index contributed by atoms with van der Waals surface area (Å²) in [5.74, 6) is -0.561. The molecule has 1 fully saturated rings. The Balaban J connectivity index is 1.91. The van der Waals surface area contributed by atoms with Gasteiger partial charge in [0.25, 0.3) is 0 Å². The Morgan fingerprint density at radius 2 is 2.00 bits per heavy atom. The molecule has 4 heteroatoms. The molecule has 0 aromatic heterocycles. The molecule has 2 atom stereocenters. The Morgan fingerprint density at radius 1 is 1.33 bits per heavy atom. The van der Waals surface area contributed by atoms with Gasteiger partial charge in [-0.2, -0.15) is 0 Å². The monoisotopic (exact) mass is 293 g/mol. The molecule has 116 valence electrons. The first-order chi connectivity index (χ1) is 9.90. The zero-order valence-electron chi connectivity index (χ0n) is 12.7. The Labute approximate surface area is 125 Å². The third-order valence-electron chi connectivity index (χ3n) is 4.55. The van der Waals surface area contributed by atoms with Gasteiger partial charge < -0.3 is 10.4 Å². The first-order valence-electron chi connectivity index (χ1n) is 7.62. The van der Waals surface area contributed by atoms with Gasteiger partial charge in [-0.25, -0.2) is 4.39 Å². The smallest absolute Gasteiger partial charge is 0.309 e. The molecule has 1 aromatic carbocycles. The van der Waals surface area contributed by atoms with Gasteiger partial charge in [-0.15, -0.1) is 0 Å². The second kappa shape index (κ2) is 6.56. The maximum Gasteiger partial charge on any atom is 0.309 e. The van der Waals surface area contributed by atoms with E-state index < -0.39 is 11.4 Å². The first kappa shape index (κ1) is 16.0. The summed E-state index contributed by atoms with van der Waals surface area (Å²) in [4.78, 5) is 11.1. The highest BCUT2D eigenvalue weighted by molar-refractivity contribution is 5.73. The number of aliphatic carboxylic acids is 1. The molecule has 0 amide bonds. The third kappa shape index (κ3) is 4.03. The highest BCUT2D eigenvalue weighted by Gasteiger charge is 2.30. The minimum absolute atomic E-state index is 0.204. The number of nitrogens with one attached hydrogen (secondary N) is 1. The molecule has 0 saturated heterocycles. The summed E-state index contributed by atoms with van der Waals surface area (Å²) in [6, 6.07) is 7.11. The molecule has 1 saturated carbocycles. The lowest BCUT2D eigenvalue weighted by atomic mass is 9.89. The molecule has 1 aliphatic carbocycles. The highest BCUT2D eigenvalue weighted by Crippen LogP contribution is 2.34. The maximum absolute atomic E-state index is 13.0. The molecule has 0 spiro atoms. The number of carbonyl (C=O) groups is 1. The van der Waals surface area contributed by atoms with Gasteiger partial charge in [0, 0.05) is 6.04 Å². The van der Waals surface area contributed by atoms with Crippen LogP contribution in [0.3, 0.4) is 0 Å². The molecule has 1 aromatic rings. The second-order valence-electron chi connectivity index (χ2n) is 6.59. The molecule has 2 rings (SSSR count). The van der Waals surface area contributed by atoms with Crippen molar-refractivity contribution in [2.45, 2.75) is 51.5 Å². The molecule has 2 unspecified atom stereocenters. The van der Waals surface area contributed by atoms with Crippen molar-refractivity contribution < 1.29 is 14.3 Å². The normalized spacial score (nSPS) is 22.4. The van der Waals surface area contributed by atoms with Gasteiger partial charge >= 0.3 is 5.97 Å². The number of hydrogen-bond acceptors (Lipinski definition) is 2. The predicted octanol–water partition coefficient (Wildman–Crippen LogP) is 3.55. The van der Waals surface area contributed by atoms with Crippen molar-refractivity contribution in [3.8, 4) is 0 Å². The van der Waals surface area contributed by atoms with Gasteiger partial charge in [0.1, 0.15) is 5.82 Å². The number of carboxylic acid groups (broad SMARTS) is 1. The number of rotatable bonds is 6. The average molecular weight is 293 g/mol. The molecule has 0 heterocycles. The summed E-state index contributed by atoms with van der Waals surface area (Å²) >= 11 is 0. The summed E-state index contributed by atoms with van der Waals surface area (Å²) in [5.41, 5.74) is 0.473. The molecule has 3 nitrogen and oxygen atoms in total. The Hall–Kier alpha value is -1.42. The lowest BCUT2D eigenvalue weighted by molar-refractivity contribution is -0.147. The van der Waals surface area contributed by atoms with Crippen LogP contribution >= 0.6 is 0 Å². The molecule has 0 aliphatic heterocycles. The lowest BCUT2D eigenvalue weighted by Gasteiger charge is -2.24. The van der Waals surface area contributed by atoms with E-state index in [4.69, 9.17) is 5.11 Å². The zero-order chi connectivity index (χ0) is 15.5. The van der Waals surface area contributed by atoms with Crippen molar-refractivity contribution in [1.29, 1.82) is 0 Å². The van der Waals surface area contributed by atoms with E-state index >= 15 is 0 Å². The van der Waals surface area contributed by atoms with Crippen LogP contribution in [0.25, 0.3) is 0 Å². The maximum atomic E-state index is 13.0. The summed E-state index contributed by atoms with van der Waals surface area (Å²) in [5, 5.41) is 12.6. The fourth-order valence-electron chi connectivity index (χ4n) is 2.99. The Morgan fingerprint density at radius 3 is 2.62 bits per heavy atom. The van der Waals surface area contributed by atoms with Gasteiger partial charge in [0.15, 0.2) is 0 Å². The number of hydrogen-bond donors (Lipinski definition) is 2. The number of carboxylic acids is 1. The molecular formula is C17H24FNO2. The summed E-state index contributed by atoms with van der Waals surface area (Å²) in [6.07, 6.45) is 3.96. The molecule has 2 N–H and O–H groups in total. The van der Waals surface area contributed by atoms with Crippen LogP contribution in [-0.4, -0.2) is 23.7 Å². The second-order valence-corrected chi connectivity index (χ2v) is 6.59. The van der Waals surface area contributed by atoms with Gasteiger partial charge in [0.05, 0.1) is 5.41 Å². The largest absolute Gasteiger partial charge is 0.481 e. The number of halogens is 1. The van der Waals surface area contributed by atoms with Crippen LogP contribution in [0.1, 0.15) is 51.0 Å². The van der Waals surface area contributed by atoms with Crippen molar-refractivity contribution in [1.82, 2.24) is 5.32 Å². The van der Waals surface area contributed by atoms with E-state index in [1.54, 1.807) is 13.8 Å². The van der Waals surface area contributed by atoms with Crippen LogP contribution in [0.2, 0.25) is 0 Å².